The van der Waals surface area contributed by atoms with Gasteiger partial charge < -0.3 is 15.4 Å². The highest BCUT2D eigenvalue weighted by Gasteiger charge is 2.25. The lowest BCUT2D eigenvalue weighted by Gasteiger charge is -2.31. The molecule has 3 rings (SSSR count). The summed E-state index contributed by atoms with van der Waals surface area (Å²) in [5.74, 6) is 0.187. The van der Waals surface area contributed by atoms with Gasteiger partial charge in [0.2, 0.25) is 0 Å². The monoisotopic (exact) mass is 402 g/mol. The van der Waals surface area contributed by atoms with Gasteiger partial charge in [-0.1, -0.05) is 36.4 Å². The van der Waals surface area contributed by atoms with Crippen LogP contribution in [0.2, 0.25) is 0 Å². The number of carbonyl (C=O) groups is 2. The van der Waals surface area contributed by atoms with E-state index in [-0.39, 0.29) is 24.3 Å². The van der Waals surface area contributed by atoms with Crippen LogP contribution in [0.3, 0.4) is 0 Å². The second-order valence-electron chi connectivity index (χ2n) is 6.99. The van der Waals surface area contributed by atoms with Gasteiger partial charge >= 0.3 is 5.97 Å². The van der Waals surface area contributed by atoms with Crippen LogP contribution in [-0.2, 0) is 16.1 Å². The number of ether oxygens (including phenoxy) is 1. The number of rotatable bonds is 5. The lowest BCUT2D eigenvalue weighted by molar-refractivity contribution is -0.142. The minimum Gasteiger partial charge on any atom is -0.469 e. The van der Waals surface area contributed by atoms with Crippen molar-refractivity contribution in [2.24, 2.45) is 11.7 Å². The largest absolute Gasteiger partial charge is 0.469 e. The predicted molar refractivity (Wildman–Crippen MR) is 112 cm³/mol. The van der Waals surface area contributed by atoms with E-state index in [1.54, 1.807) is 0 Å². The molecule has 5 nitrogen and oxygen atoms in total. The van der Waals surface area contributed by atoms with Crippen LogP contribution in [0.15, 0.2) is 48.5 Å². The van der Waals surface area contributed by atoms with E-state index in [1.807, 2.05) is 53.4 Å². The molecule has 1 heterocycles. The Morgan fingerprint density at radius 2 is 1.54 bits per heavy atom. The molecule has 0 radical (unpaired) electrons. The van der Waals surface area contributed by atoms with E-state index in [1.165, 1.54) is 7.11 Å². The highest BCUT2D eigenvalue weighted by atomic mass is 35.5. The fourth-order valence-corrected chi connectivity index (χ4v) is 3.48. The zero-order chi connectivity index (χ0) is 19.2. The Bertz CT molecular complexity index is 782. The molecular formula is C22H27ClN2O3. The number of nitrogens with two attached hydrogens (primary N) is 1. The molecule has 1 amide bonds. The van der Waals surface area contributed by atoms with Crippen LogP contribution in [0.4, 0.5) is 0 Å². The van der Waals surface area contributed by atoms with Gasteiger partial charge in [-0.05, 0) is 47.6 Å². The summed E-state index contributed by atoms with van der Waals surface area (Å²) in [5.41, 5.74) is 9.62. The quantitative estimate of drug-likeness (QED) is 0.775. The molecule has 0 aliphatic carbocycles. The van der Waals surface area contributed by atoms with E-state index < -0.39 is 0 Å². The van der Waals surface area contributed by atoms with Gasteiger partial charge in [0.25, 0.3) is 5.91 Å². The zero-order valence-electron chi connectivity index (χ0n) is 16.1. The number of nitrogens with zero attached hydrogens (tertiary/aromatic N) is 1. The third-order valence-electron chi connectivity index (χ3n) is 5.24. The van der Waals surface area contributed by atoms with Gasteiger partial charge in [-0.15, -0.1) is 12.4 Å². The van der Waals surface area contributed by atoms with Crippen LogP contribution in [0.1, 0.15) is 35.2 Å². The van der Waals surface area contributed by atoms with Gasteiger partial charge in [-0.25, -0.2) is 0 Å². The van der Waals surface area contributed by atoms with Gasteiger partial charge in [0.15, 0.2) is 0 Å². The van der Waals surface area contributed by atoms with E-state index in [4.69, 9.17) is 10.5 Å². The summed E-state index contributed by atoms with van der Waals surface area (Å²) < 4.78 is 4.73. The van der Waals surface area contributed by atoms with Crippen molar-refractivity contribution < 1.29 is 14.3 Å². The van der Waals surface area contributed by atoms with E-state index in [9.17, 15) is 9.59 Å². The molecule has 28 heavy (non-hydrogen) atoms. The average Bonchev–Trinajstić information content (AvgIpc) is 2.74. The molecule has 2 aromatic carbocycles. The summed E-state index contributed by atoms with van der Waals surface area (Å²) in [6.45, 7) is 1.90. The molecule has 6 heteroatoms. The number of esters is 1. The molecule has 2 aromatic rings. The average molecular weight is 403 g/mol. The summed E-state index contributed by atoms with van der Waals surface area (Å²) in [7, 11) is 1.41. The molecule has 1 saturated heterocycles. The maximum atomic E-state index is 12.7. The van der Waals surface area contributed by atoms with Crippen molar-refractivity contribution in [1.29, 1.82) is 0 Å². The zero-order valence-corrected chi connectivity index (χ0v) is 16.9. The number of hydrogen-bond acceptors (Lipinski definition) is 4. The smallest absolute Gasteiger partial charge is 0.305 e. The van der Waals surface area contributed by atoms with E-state index in [0.717, 1.165) is 29.5 Å². The van der Waals surface area contributed by atoms with Crippen molar-refractivity contribution >= 4 is 24.3 Å². The first-order valence-electron chi connectivity index (χ1n) is 9.36. The van der Waals surface area contributed by atoms with Crippen LogP contribution in [0.25, 0.3) is 11.1 Å². The summed E-state index contributed by atoms with van der Waals surface area (Å²) in [6, 6.07) is 15.9. The van der Waals surface area contributed by atoms with Gasteiger partial charge in [-0.2, -0.15) is 0 Å². The summed E-state index contributed by atoms with van der Waals surface area (Å²) in [4.78, 5) is 26.0. The van der Waals surface area contributed by atoms with Gasteiger partial charge in [0.1, 0.15) is 0 Å². The number of likely N-dealkylation sites (tertiary alicyclic amines) is 1. The van der Waals surface area contributed by atoms with Crippen LogP contribution < -0.4 is 5.73 Å². The van der Waals surface area contributed by atoms with Crippen molar-refractivity contribution in [1.82, 2.24) is 4.90 Å². The van der Waals surface area contributed by atoms with E-state index >= 15 is 0 Å². The number of hydrogen-bond donors (Lipinski definition) is 1. The van der Waals surface area contributed by atoms with Crippen molar-refractivity contribution in [2.45, 2.75) is 25.8 Å². The van der Waals surface area contributed by atoms with Crippen molar-refractivity contribution in [3.63, 3.8) is 0 Å². The maximum absolute atomic E-state index is 12.7. The van der Waals surface area contributed by atoms with Crippen LogP contribution in [0, 0.1) is 5.92 Å². The highest BCUT2D eigenvalue weighted by Crippen LogP contribution is 2.24. The molecule has 2 N–H and O–H groups in total. The van der Waals surface area contributed by atoms with Gasteiger partial charge in [0.05, 0.1) is 7.11 Å². The molecule has 0 aromatic heterocycles. The number of amides is 1. The fourth-order valence-electron chi connectivity index (χ4n) is 3.48. The summed E-state index contributed by atoms with van der Waals surface area (Å²) >= 11 is 0. The molecule has 150 valence electrons. The fraction of sp³-hybridized carbons (Fsp3) is 0.364. The first kappa shape index (κ1) is 21.9. The van der Waals surface area contributed by atoms with Gasteiger partial charge in [0, 0.05) is 31.6 Å². The minimum atomic E-state index is -0.171. The third-order valence-corrected chi connectivity index (χ3v) is 5.24. The van der Waals surface area contributed by atoms with Crippen LogP contribution in [-0.4, -0.2) is 37.0 Å². The van der Waals surface area contributed by atoms with Crippen LogP contribution in [0.5, 0.6) is 0 Å². The Labute approximate surface area is 172 Å². The number of piperidine rings is 1. The Kier molecular flexibility index (Phi) is 8.03. The molecule has 0 unspecified atom stereocenters. The Morgan fingerprint density at radius 3 is 2.04 bits per heavy atom. The normalized spacial score (nSPS) is 14.3. The van der Waals surface area contributed by atoms with Crippen molar-refractivity contribution in [3.05, 3.63) is 59.7 Å². The van der Waals surface area contributed by atoms with Gasteiger partial charge in [-0.3, -0.25) is 9.59 Å². The summed E-state index contributed by atoms with van der Waals surface area (Å²) in [6.07, 6.45) is 2.12. The first-order valence-corrected chi connectivity index (χ1v) is 9.36. The number of carbonyl (C=O) groups excluding carboxylic acids is 2. The standard InChI is InChI=1S/C22H26N2O3.ClH/c1-27-21(25)14-16-10-12-24(13-11-16)22(26)20-8-6-19(7-9-20)18-4-2-17(15-23)3-5-18;/h2-9,16H,10-15,23H2,1H3;1H. The molecular weight excluding hydrogens is 376 g/mol. The number of methoxy groups -OCH3 is 1. The lowest BCUT2D eigenvalue weighted by Crippen LogP contribution is -2.38. The van der Waals surface area contributed by atoms with E-state index in [2.05, 4.69) is 0 Å². The maximum Gasteiger partial charge on any atom is 0.305 e. The van der Waals surface area contributed by atoms with E-state index in [0.29, 0.717) is 37.5 Å². The SMILES string of the molecule is COC(=O)CC1CCN(C(=O)c2ccc(-c3ccc(CN)cc3)cc2)CC1.Cl. The first-order chi connectivity index (χ1) is 13.1. The molecule has 0 saturated carbocycles. The molecule has 1 fully saturated rings. The molecule has 1 aliphatic rings. The second kappa shape index (κ2) is 10.2. The molecule has 0 spiro atoms. The second-order valence-corrected chi connectivity index (χ2v) is 6.99. The Hall–Kier alpha value is -2.37. The molecule has 1 aliphatic heterocycles. The minimum absolute atomic E-state index is 0. The van der Waals surface area contributed by atoms with Crippen molar-refractivity contribution in [2.75, 3.05) is 20.2 Å². The molecule has 0 bridgehead atoms. The Balaban J connectivity index is 0.00000280. The number of benzene rings is 2. The van der Waals surface area contributed by atoms with Crippen molar-refractivity contribution in [3.8, 4) is 11.1 Å². The Morgan fingerprint density at radius 1 is 1.00 bits per heavy atom. The lowest BCUT2D eigenvalue weighted by atomic mass is 9.93. The topological polar surface area (TPSA) is 72.6 Å². The number of halogens is 1. The predicted octanol–water partition coefficient (Wildman–Crippen LogP) is 3.65. The van der Waals surface area contributed by atoms with Crippen LogP contribution >= 0.6 is 12.4 Å². The third kappa shape index (κ3) is 5.33. The highest BCUT2D eigenvalue weighted by molar-refractivity contribution is 5.94. The molecule has 0 atom stereocenters. The summed E-state index contributed by atoms with van der Waals surface area (Å²) in [5, 5.41) is 0.